The second-order valence-electron chi connectivity index (χ2n) is 4.87. The standard InChI is InChI=1S/C14H18BrN3OS2/c15-10-5-7-12(8-6-10)21-9-13(19)17-18-14(20)16-11-3-1-2-4-11/h5-8,11H,1-4,9H2,(H,17,19)(H2,16,18,20). The van der Waals surface area contributed by atoms with Crippen molar-refractivity contribution in [1.29, 1.82) is 0 Å². The number of hydrazine groups is 1. The minimum atomic E-state index is -0.0986. The lowest BCUT2D eigenvalue weighted by Gasteiger charge is -2.16. The van der Waals surface area contributed by atoms with Gasteiger partial charge in [0.1, 0.15) is 0 Å². The molecule has 0 heterocycles. The number of benzene rings is 1. The van der Waals surface area contributed by atoms with E-state index in [4.69, 9.17) is 12.2 Å². The Bertz CT molecular complexity index is 489. The summed E-state index contributed by atoms with van der Waals surface area (Å²) >= 11 is 10.0. The lowest BCUT2D eigenvalue weighted by molar-refractivity contribution is -0.119. The fourth-order valence-corrected chi connectivity index (χ4v) is 3.31. The monoisotopic (exact) mass is 387 g/mol. The quantitative estimate of drug-likeness (QED) is 0.421. The number of carbonyl (C=O) groups is 1. The summed E-state index contributed by atoms with van der Waals surface area (Å²) in [6.07, 6.45) is 4.79. The van der Waals surface area contributed by atoms with Gasteiger partial charge >= 0.3 is 0 Å². The van der Waals surface area contributed by atoms with E-state index in [9.17, 15) is 4.79 Å². The normalized spacial score (nSPS) is 14.7. The smallest absolute Gasteiger partial charge is 0.248 e. The highest BCUT2D eigenvalue weighted by Crippen LogP contribution is 2.20. The summed E-state index contributed by atoms with van der Waals surface area (Å²) in [5, 5.41) is 3.70. The molecule has 1 aromatic rings. The van der Waals surface area contributed by atoms with Gasteiger partial charge in [0.2, 0.25) is 5.91 Å². The molecule has 7 heteroatoms. The van der Waals surface area contributed by atoms with Crippen LogP contribution in [0, 0.1) is 0 Å². The van der Waals surface area contributed by atoms with E-state index in [2.05, 4.69) is 32.1 Å². The van der Waals surface area contributed by atoms with Crippen molar-refractivity contribution in [2.24, 2.45) is 0 Å². The van der Waals surface area contributed by atoms with Crippen LogP contribution in [-0.2, 0) is 4.79 Å². The van der Waals surface area contributed by atoms with Crippen LogP contribution >= 0.6 is 39.9 Å². The number of hydrogen-bond acceptors (Lipinski definition) is 3. The molecule has 1 saturated carbocycles. The highest BCUT2D eigenvalue weighted by Gasteiger charge is 2.15. The van der Waals surface area contributed by atoms with Crippen LogP contribution < -0.4 is 16.2 Å². The summed E-state index contributed by atoms with van der Waals surface area (Å²) in [7, 11) is 0. The zero-order chi connectivity index (χ0) is 15.1. The summed E-state index contributed by atoms with van der Waals surface area (Å²) in [5.74, 6) is 0.249. The van der Waals surface area contributed by atoms with Crippen molar-refractivity contribution >= 4 is 50.9 Å². The summed E-state index contributed by atoms with van der Waals surface area (Å²) in [5.41, 5.74) is 5.37. The van der Waals surface area contributed by atoms with Crippen LogP contribution in [0.25, 0.3) is 0 Å². The van der Waals surface area contributed by atoms with Crippen LogP contribution in [0.2, 0.25) is 0 Å². The van der Waals surface area contributed by atoms with E-state index in [1.54, 1.807) is 0 Å². The third-order valence-corrected chi connectivity index (χ3v) is 4.95. The Morgan fingerprint density at radius 2 is 1.90 bits per heavy atom. The molecule has 0 aliphatic heterocycles. The van der Waals surface area contributed by atoms with Crippen molar-refractivity contribution < 1.29 is 4.79 Å². The Kier molecular flexibility index (Phi) is 6.79. The van der Waals surface area contributed by atoms with Gasteiger partial charge < -0.3 is 5.32 Å². The van der Waals surface area contributed by atoms with Gasteiger partial charge in [-0.25, -0.2) is 0 Å². The highest BCUT2D eigenvalue weighted by atomic mass is 79.9. The zero-order valence-electron chi connectivity index (χ0n) is 11.5. The Balaban J connectivity index is 1.62. The molecule has 0 atom stereocenters. The van der Waals surface area contributed by atoms with Gasteiger partial charge in [-0.1, -0.05) is 28.8 Å². The highest BCUT2D eigenvalue weighted by molar-refractivity contribution is 9.10. The molecule has 21 heavy (non-hydrogen) atoms. The molecule has 0 spiro atoms. The SMILES string of the molecule is O=C(CSc1ccc(Br)cc1)NNC(=S)NC1CCCC1. The molecule has 1 amide bonds. The maximum Gasteiger partial charge on any atom is 0.248 e. The summed E-state index contributed by atoms with van der Waals surface area (Å²) < 4.78 is 1.03. The number of halogens is 1. The summed E-state index contributed by atoms with van der Waals surface area (Å²) in [6.45, 7) is 0. The van der Waals surface area contributed by atoms with Crippen molar-refractivity contribution in [3.8, 4) is 0 Å². The minimum absolute atomic E-state index is 0.0986. The first-order chi connectivity index (χ1) is 10.1. The maximum atomic E-state index is 11.7. The number of rotatable bonds is 4. The Labute approximate surface area is 142 Å². The molecular formula is C14H18BrN3OS2. The van der Waals surface area contributed by atoms with Gasteiger partial charge in [-0.3, -0.25) is 15.6 Å². The van der Waals surface area contributed by atoms with Crippen molar-refractivity contribution in [2.45, 2.75) is 36.6 Å². The Hall–Kier alpha value is -0.790. The summed E-state index contributed by atoms with van der Waals surface area (Å²) in [4.78, 5) is 12.8. The molecule has 114 valence electrons. The first kappa shape index (κ1) is 16.6. The zero-order valence-corrected chi connectivity index (χ0v) is 14.7. The molecule has 0 unspecified atom stereocenters. The second-order valence-corrected chi connectivity index (χ2v) is 7.24. The number of thiocarbonyl (C=S) groups is 1. The van der Waals surface area contributed by atoms with Crippen LogP contribution in [-0.4, -0.2) is 22.8 Å². The molecule has 1 aliphatic rings. The van der Waals surface area contributed by atoms with E-state index in [1.165, 1.54) is 24.6 Å². The number of amides is 1. The molecule has 1 fully saturated rings. The molecule has 4 nitrogen and oxygen atoms in total. The van der Waals surface area contributed by atoms with Gasteiger partial charge in [-0.05, 0) is 49.3 Å². The van der Waals surface area contributed by atoms with Crippen LogP contribution in [0.4, 0.5) is 0 Å². The third-order valence-electron chi connectivity index (χ3n) is 3.19. The number of hydrogen-bond donors (Lipinski definition) is 3. The van der Waals surface area contributed by atoms with Gasteiger partial charge in [-0.15, -0.1) is 11.8 Å². The van der Waals surface area contributed by atoms with E-state index in [0.29, 0.717) is 16.9 Å². The topological polar surface area (TPSA) is 53.2 Å². The van der Waals surface area contributed by atoms with E-state index in [-0.39, 0.29) is 5.91 Å². The van der Waals surface area contributed by atoms with Gasteiger partial charge in [-0.2, -0.15) is 0 Å². The summed E-state index contributed by atoms with van der Waals surface area (Å²) in [6, 6.07) is 8.31. The molecular weight excluding hydrogens is 370 g/mol. The largest absolute Gasteiger partial charge is 0.359 e. The van der Waals surface area contributed by atoms with E-state index in [0.717, 1.165) is 22.2 Å². The number of thioether (sulfide) groups is 1. The van der Waals surface area contributed by atoms with Gasteiger partial charge in [0.25, 0.3) is 0 Å². The first-order valence-electron chi connectivity index (χ1n) is 6.87. The fraction of sp³-hybridized carbons (Fsp3) is 0.429. The van der Waals surface area contributed by atoms with Crippen molar-refractivity contribution in [3.63, 3.8) is 0 Å². The predicted molar refractivity (Wildman–Crippen MR) is 94.1 cm³/mol. The average molecular weight is 388 g/mol. The molecule has 1 aliphatic carbocycles. The van der Waals surface area contributed by atoms with Gasteiger partial charge in [0.05, 0.1) is 5.75 Å². The molecule has 0 saturated heterocycles. The molecule has 3 N–H and O–H groups in total. The van der Waals surface area contributed by atoms with E-state index < -0.39 is 0 Å². The average Bonchev–Trinajstić information content (AvgIpc) is 2.97. The minimum Gasteiger partial charge on any atom is -0.359 e. The Morgan fingerprint density at radius 1 is 1.24 bits per heavy atom. The van der Waals surface area contributed by atoms with Crippen LogP contribution in [0.15, 0.2) is 33.6 Å². The van der Waals surface area contributed by atoms with Crippen molar-refractivity contribution in [1.82, 2.24) is 16.2 Å². The van der Waals surface area contributed by atoms with Crippen molar-refractivity contribution in [3.05, 3.63) is 28.7 Å². The molecule has 0 radical (unpaired) electrons. The Morgan fingerprint density at radius 3 is 2.57 bits per heavy atom. The molecule has 0 aromatic heterocycles. The third kappa shape index (κ3) is 6.23. The molecule has 0 bridgehead atoms. The van der Waals surface area contributed by atoms with Gasteiger partial charge in [0, 0.05) is 15.4 Å². The van der Waals surface area contributed by atoms with Crippen LogP contribution in [0.5, 0.6) is 0 Å². The van der Waals surface area contributed by atoms with Crippen LogP contribution in [0.1, 0.15) is 25.7 Å². The maximum absolute atomic E-state index is 11.7. The van der Waals surface area contributed by atoms with Crippen molar-refractivity contribution in [2.75, 3.05) is 5.75 Å². The molecule has 2 rings (SSSR count). The molecule has 1 aromatic carbocycles. The fourth-order valence-electron chi connectivity index (χ4n) is 2.13. The van der Waals surface area contributed by atoms with Crippen LogP contribution in [0.3, 0.4) is 0 Å². The second kappa shape index (κ2) is 8.60. The number of carbonyl (C=O) groups excluding carboxylic acids is 1. The van der Waals surface area contributed by atoms with E-state index >= 15 is 0 Å². The predicted octanol–water partition coefficient (Wildman–Crippen LogP) is 2.98. The van der Waals surface area contributed by atoms with Gasteiger partial charge in [0.15, 0.2) is 5.11 Å². The first-order valence-corrected chi connectivity index (χ1v) is 9.06. The lowest BCUT2D eigenvalue weighted by atomic mass is 10.3. The lowest BCUT2D eigenvalue weighted by Crippen LogP contribution is -2.49. The van der Waals surface area contributed by atoms with E-state index in [1.807, 2.05) is 24.3 Å². The number of nitrogens with one attached hydrogen (secondary N) is 3.